The van der Waals surface area contributed by atoms with E-state index >= 15 is 0 Å². The standard InChI is InChI=1S/C18H23NO2/c1-13-4-9-17(14(2)10-13)18(20)12-19-11-15-5-7-16(21-3)8-6-15/h4-10,18-20H,11-12H2,1-3H3. The van der Waals surface area contributed by atoms with Crippen LogP contribution in [0.2, 0.25) is 0 Å². The molecule has 0 aliphatic carbocycles. The molecule has 112 valence electrons. The number of methoxy groups -OCH3 is 1. The van der Waals surface area contributed by atoms with Crippen LogP contribution in [-0.2, 0) is 6.54 Å². The largest absolute Gasteiger partial charge is 0.497 e. The summed E-state index contributed by atoms with van der Waals surface area (Å²) >= 11 is 0. The summed E-state index contributed by atoms with van der Waals surface area (Å²) in [6.07, 6.45) is -0.483. The minimum Gasteiger partial charge on any atom is -0.497 e. The Morgan fingerprint density at radius 1 is 1.10 bits per heavy atom. The van der Waals surface area contributed by atoms with E-state index < -0.39 is 6.10 Å². The summed E-state index contributed by atoms with van der Waals surface area (Å²) < 4.78 is 5.13. The van der Waals surface area contributed by atoms with E-state index in [0.29, 0.717) is 6.54 Å². The molecule has 0 saturated carbocycles. The molecule has 2 N–H and O–H groups in total. The molecule has 0 bridgehead atoms. The van der Waals surface area contributed by atoms with Gasteiger partial charge in [-0.1, -0.05) is 35.9 Å². The van der Waals surface area contributed by atoms with Crippen molar-refractivity contribution in [3.8, 4) is 5.75 Å². The van der Waals surface area contributed by atoms with Crippen molar-refractivity contribution in [2.75, 3.05) is 13.7 Å². The van der Waals surface area contributed by atoms with E-state index in [2.05, 4.69) is 18.3 Å². The van der Waals surface area contributed by atoms with Crippen LogP contribution in [0.1, 0.15) is 28.4 Å². The van der Waals surface area contributed by atoms with Crippen LogP contribution in [0.15, 0.2) is 42.5 Å². The van der Waals surface area contributed by atoms with Crippen LogP contribution in [0.5, 0.6) is 5.75 Å². The highest BCUT2D eigenvalue weighted by atomic mass is 16.5. The second-order valence-corrected chi connectivity index (χ2v) is 5.35. The lowest BCUT2D eigenvalue weighted by Crippen LogP contribution is -2.21. The van der Waals surface area contributed by atoms with E-state index in [9.17, 15) is 5.11 Å². The summed E-state index contributed by atoms with van der Waals surface area (Å²) in [5.41, 5.74) is 4.51. The van der Waals surface area contributed by atoms with Gasteiger partial charge in [-0.25, -0.2) is 0 Å². The number of rotatable bonds is 6. The number of aliphatic hydroxyl groups excluding tert-OH is 1. The summed E-state index contributed by atoms with van der Waals surface area (Å²) in [6.45, 7) is 5.36. The van der Waals surface area contributed by atoms with Crippen molar-refractivity contribution in [1.82, 2.24) is 5.32 Å². The topological polar surface area (TPSA) is 41.5 Å². The molecule has 1 atom stereocenters. The fourth-order valence-electron chi connectivity index (χ4n) is 2.41. The average Bonchev–Trinajstić information content (AvgIpc) is 2.47. The number of nitrogens with one attached hydrogen (secondary N) is 1. The van der Waals surface area contributed by atoms with Gasteiger partial charge < -0.3 is 15.2 Å². The van der Waals surface area contributed by atoms with E-state index in [1.165, 1.54) is 11.1 Å². The van der Waals surface area contributed by atoms with Gasteiger partial charge in [0.1, 0.15) is 5.75 Å². The van der Waals surface area contributed by atoms with Crippen LogP contribution < -0.4 is 10.1 Å². The average molecular weight is 285 g/mol. The Morgan fingerprint density at radius 2 is 1.81 bits per heavy atom. The molecule has 0 heterocycles. The zero-order valence-electron chi connectivity index (χ0n) is 12.9. The molecule has 0 spiro atoms. The van der Waals surface area contributed by atoms with Crippen LogP contribution in [0.3, 0.4) is 0 Å². The Bertz CT molecular complexity index is 578. The SMILES string of the molecule is COc1ccc(CNCC(O)c2ccc(C)cc2C)cc1. The zero-order chi connectivity index (χ0) is 15.2. The van der Waals surface area contributed by atoms with Crippen molar-refractivity contribution in [3.05, 3.63) is 64.7 Å². The summed E-state index contributed by atoms with van der Waals surface area (Å²) in [5, 5.41) is 13.6. The normalized spacial score (nSPS) is 12.2. The minimum atomic E-state index is -0.483. The van der Waals surface area contributed by atoms with Gasteiger partial charge >= 0.3 is 0 Å². The first-order valence-electron chi connectivity index (χ1n) is 7.19. The Kier molecular flexibility index (Phi) is 5.37. The third-order valence-corrected chi connectivity index (χ3v) is 3.61. The van der Waals surface area contributed by atoms with E-state index in [0.717, 1.165) is 23.4 Å². The predicted molar refractivity (Wildman–Crippen MR) is 85.6 cm³/mol. The number of hydrogen-bond acceptors (Lipinski definition) is 3. The zero-order valence-corrected chi connectivity index (χ0v) is 12.9. The first-order valence-corrected chi connectivity index (χ1v) is 7.19. The van der Waals surface area contributed by atoms with E-state index in [1.807, 2.05) is 43.3 Å². The van der Waals surface area contributed by atoms with Gasteiger partial charge in [0, 0.05) is 13.1 Å². The van der Waals surface area contributed by atoms with Crippen molar-refractivity contribution < 1.29 is 9.84 Å². The fourth-order valence-corrected chi connectivity index (χ4v) is 2.41. The molecule has 21 heavy (non-hydrogen) atoms. The van der Waals surface area contributed by atoms with Gasteiger partial charge in [0.2, 0.25) is 0 Å². The molecule has 3 nitrogen and oxygen atoms in total. The maximum Gasteiger partial charge on any atom is 0.118 e. The fraction of sp³-hybridized carbons (Fsp3) is 0.333. The highest BCUT2D eigenvalue weighted by Gasteiger charge is 2.09. The monoisotopic (exact) mass is 285 g/mol. The summed E-state index contributed by atoms with van der Waals surface area (Å²) in [4.78, 5) is 0. The lowest BCUT2D eigenvalue weighted by Gasteiger charge is -2.15. The number of aryl methyl sites for hydroxylation is 2. The van der Waals surface area contributed by atoms with Crippen molar-refractivity contribution in [3.63, 3.8) is 0 Å². The second-order valence-electron chi connectivity index (χ2n) is 5.35. The Morgan fingerprint density at radius 3 is 2.43 bits per heavy atom. The Hall–Kier alpha value is -1.84. The highest BCUT2D eigenvalue weighted by Crippen LogP contribution is 2.18. The van der Waals surface area contributed by atoms with Crippen molar-refractivity contribution in [2.24, 2.45) is 0 Å². The molecule has 2 rings (SSSR count). The van der Waals surface area contributed by atoms with Crippen LogP contribution >= 0.6 is 0 Å². The third kappa shape index (κ3) is 4.31. The molecule has 0 fully saturated rings. The van der Waals surface area contributed by atoms with Gasteiger partial charge in [-0.3, -0.25) is 0 Å². The molecule has 0 aromatic heterocycles. The van der Waals surface area contributed by atoms with Crippen LogP contribution in [0, 0.1) is 13.8 Å². The maximum absolute atomic E-state index is 10.3. The summed E-state index contributed by atoms with van der Waals surface area (Å²) in [5.74, 6) is 0.856. The van der Waals surface area contributed by atoms with Crippen molar-refractivity contribution in [2.45, 2.75) is 26.5 Å². The lowest BCUT2D eigenvalue weighted by atomic mass is 10.0. The van der Waals surface area contributed by atoms with Gasteiger partial charge in [-0.2, -0.15) is 0 Å². The maximum atomic E-state index is 10.3. The van der Waals surface area contributed by atoms with Gasteiger partial charge in [-0.05, 0) is 42.7 Å². The van der Waals surface area contributed by atoms with Crippen molar-refractivity contribution in [1.29, 1.82) is 0 Å². The van der Waals surface area contributed by atoms with Gasteiger partial charge in [0.15, 0.2) is 0 Å². The van der Waals surface area contributed by atoms with Gasteiger partial charge in [-0.15, -0.1) is 0 Å². The number of aliphatic hydroxyl groups is 1. The van der Waals surface area contributed by atoms with Gasteiger partial charge in [0.05, 0.1) is 13.2 Å². The molecule has 0 radical (unpaired) electrons. The Balaban J connectivity index is 1.87. The lowest BCUT2D eigenvalue weighted by molar-refractivity contribution is 0.173. The van der Waals surface area contributed by atoms with Gasteiger partial charge in [0.25, 0.3) is 0 Å². The quantitative estimate of drug-likeness (QED) is 0.857. The van der Waals surface area contributed by atoms with Crippen molar-refractivity contribution >= 4 is 0 Å². The smallest absolute Gasteiger partial charge is 0.118 e. The summed E-state index contributed by atoms with van der Waals surface area (Å²) in [7, 11) is 1.66. The molecule has 1 unspecified atom stereocenters. The molecule has 0 saturated heterocycles. The van der Waals surface area contributed by atoms with E-state index in [4.69, 9.17) is 4.74 Å². The molecular formula is C18H23NO2. The summed E-state index contributed by atoms with van der Waals surface area (Å²) in [6, 6.07) is 14.1. The molecule has 2 aromatic carbocycles. The molecular weight excluding hydrogens is 262 g/mol. The molecule has 0 amide bonds. The van der Waals surface area contributed by atoms with Crippen LogP contribution in [0.25, 0.3) is 0 Å². The number of benzene rings is 2. The second kappa shape index (κ2) is 7.25. The van der Waals surface area contributed by atoms with Crippen LogP contribution in [-0.4, -0.2) is 18.8 Å². The molecule has 3 heteroatoms. The predicted octanol–water partition coefficient (Wildman–Crippen LogP) is 3.14. The third-order valence-electron chi connectivity index (χ3n) is 3.61. The molecule has 0 aliphatic rings. The van der Waals surface area contributed by atoms with Crippen LogP contribution in [0.4, 0.5) is 0 Å². The van der Waals surface area contributed by atoms with E-state index in [-0.39, 0.29) is 0 Å². The molecule has 0 aliphatic heterocycles. The first kappa shape index (κ1) is 15.5. The Labute approximate surface area is 126 Å². The number of hydrogen-bond donors (Lipinski definition) is 2. The first-order chi connectivity index (χ1) is 10.1. The molecule has 2 aromatic rings. The highest BCUT2D eigenvalue weighted by molar-refractivity contribution is 5.32. The minimum absolute atomic E-state index is 0.483. The number of ether oxygens (including phenoxy) is 1. The van der Waals surface area contributed by atoms with E-state index in [1.54, 1.807) is 7.11 Å².